The molecule has 0 atom stereocenters. The third-order valence-electron chi connectivity index (χ3n) is 4.79. The maximum Gasteiger partial charge on any atom is 0.251 e. The zero-order valence-corrected chi connectivity index (χ0v) is 18.5. The molecular weight excluding hydrogens is 439 g/mol. The first-order chi connectivity index (χ1) is 12.1. The lowest BCUT2D eigenvalue weighted by molar-refractivity contribution is 0.0963. The summed E-state index contributed by atoms with van der Waals surface area (Å²) in [5, 5.41) is 9.58. The van der Waals surface area contributed by atoms with E-state index in [9.17, 15) is 4.79 Å². The maximum atomic E-state index is 11.7. The van der Waals surface area contributed by atoms with E-state index in [4.69, 9.17) is 4.99 Å². The number of aliphatic imine (C=N–C) groups is 1. The topological polar surface area (TPSA) is 65.5 Å². The van der Waals surface area contributed by atoms with Crippen molar-refractivity contribution in [1.82, 2.24) is 16.0 Å². The van der Waals surface area contributed by atoms with Crippen LogP contribution in [0, 0.1) is 5.92 Å². The number of carbonyl (C=O) groups excluding carboxylic acids is 1. The van der Waals surface area contributed by atoms with Crippen molar-refractivity contribution in [3.63, 3.8) is 0 Å². The molecule has 3 N–H and O–H groups in total. The molecule has 1 aromatic rings. The minimum Gasteiger partial charge on any atom is -0.357 e. The molecule has 146 valence electrons. The predicted octanol–water partition coefficient (Wildman–Crippen LogP) is 3.34. The molecule has 1 saturated carbocycles. The van der Waals surface area contributed by atoms with Gasteiger partial charge in [0.15, 0.2) is 5.96 Å². The van der Waals surface area contributed by atoms with Crippen LogP contribution >= 0.6 is 24.0 Å². The molecule has 26 heavy (non-hydrogen) atoms. The normalized spacial score (nSPS) is 20.0. The van der Waals surface area contributed by atoms with E-state index in [1.54, 1.807) is 7.05 Å². The molecule has 1 aromatic carbocycles. The summed E-state index contributed by atoms with van der Waals surface area (Å²) in [4.78, 5) is 16.4. The van der Waals surface area contributed by atoms with Crippen LogP contribution in [0.3, 0.4) is 0 Å². The predicted molar refractivity (Wildman–Crippen MR) is 119 cm³/mol. The molecular formula is C20H33IN4O. The van der Waals surface area contributed by atoms with Crippen molar-refractivity contribution in [3.05, 3.63) is 35.4 Å². The van der Waals surface area contributed by atoms with E-state index in [1.165, 1.54) is 25.7 Å². The second kappa shape index (κ2) is 12.1. The van der Waals surface area contributed by atoms with Crippen LogP contribution in [0.1, 0.15) is 55.5 Å². The molecule has 6 heteroatoms. The quantitative estimate of drug-likeness (QED) is 0.338. The minimum absolute atomic E-state index is 0. The average Bonchev–Trinajstić information content (AvgIpc) is 2.63. The van der Waals surface area contributed by atoms with Crippen molar-refractivity contribution >= 4 is 35.8 Å². The van der Waals surface area contributed by atoms with Crippen molar-refractivity contribution in [3.8, 4) is 0 Å². The Bertz CT molecular complexity index is 583. The summed E-state index contributed by atoms with van der Waals surface area (Å²) in [5.74, 6) is 1.71. The first kappa shape index (κ1) is 22.7. The molecule has 2 rings (SSSR count). The molecule has 1 aliphatic carbocycles. The standard InChI is InChI=1S/C20H32N4O.HI/c1-4-22-20(24-18-10-8-15(2)9-11-18)23-13-12-16-6-5-7-17(14-16)19(25)21-3;/h5-7,14-15,18H,4,8-13H2,1-3H3,(H,21,25)(H2,22,23,24);1H. The van der Waals surface area contributed by atoms with Crippen LogP contribution in [0.5, 0.6) is 0 Å². The van der Waals surface area contributed by atoms with Gasteiger partial charge in [-0.2, -0.15) is 0 Å². The Morgan fingerprint density at radius 1 is 1.23 bits per heavy atom. The van der Waals surface area contributed by atoms with E-state index in [-0.39, 0.29) is 29.9 Å². The van der Waals surface area contributed by atoms with Gasteiger partial charge in [0.2, 0.25) is 0 Å². The fourth-order valence-electron chi connectivity index (χ4n) is 3.23. The van der Waals surface area contributed by atoms with Crippen LogP contribution in [0.15, 0.2) is 29.3 Å². The second-order valence-electron chi connectivity index (χ2n) is 6.89. The second-order valence-corrected chi connectivity index (χ2v) is 6.89. The van der Waals surface area contributed by atoms with Gasteiger partial charge in [-0.05, 0) is 62.6 Å². The van der Waals surface area contributed by atoms with E-state index in [2.05, 4.69) is 29.8 Å². The van der Waals surface area contributed by atoms with Crippen molar-refractivity contribution in [1.29, 1.82) is 0 Å². The van der Waals surface area contributed by atoms with Crippen molar-refractivity contribution in [2.75, 3.05) is 20.1 Å². The minimum atomic E-state index is -0.0492. The molecule has 0 saturated heterocycles. The van der Waals surface area contributed by atoms with Gasteiger partial charge in [0.25, 0.3) is 5.91 Å². The van der Waals surface area contributed by atoms with Gasteiger partial charge in [0, 0.05) is 31.7 Å². The van der Waals surface area contributed by atoms with E-state index < -0.39 is 0 Å². The Morgan fingerprint density at radius 3 is 2.62 bits per heavy atom. The van der Waals surface area contributed by atoms with Gasteiger partial charge < -0.3 is 16.0 Å². The summed E-state index contributed by atoms with van der Waals surface area (Å²) in [6, 6.07) is 8.28. The lowest BCUT2D eigenvalue weighted by atomic mass is 9.87. The van der Waals surface area contributed by atoms with Gasteiger partial charge >= 0.3 is 0 Å². The molecule has 0 bridgehead atoms. The van der Waals surface area contributed by atoms with Crippen molar-refractivity contribution in [2.45, 2.75) is 52.0 Å². The van der Waals surface area contributed by atoms with Gasteiger partial charge in [-0.15, -0.1) is 24.0 Å². The monoisotopic (exact) mass is 472 g/mol. The van der Waals surface area contributed by atoms with Gasteiger partial charge in [-0.25, -0.2) is 0 Å². The summed E-state index contributed by atoms with van der Waals surface area (Å²) in [6.07, 6.45) is 5.86. The highest BCUT2D eigenvalue weighted by molar-refractivity contribution is 14.0. The largest absolute Gasteiger partial charge is 0.357 e. The molecule has 0 heterocycles. The van der Waals surface area contributed by atoms with Gasteiger partial charge in [0.1, 0.15) is 0 Å². The van der Waals surface area contributed by atoms with E-state index >= 15 is 0 Å². The van der Waals surface area contributed by atoms with Crippen molar-refractivity contribution in [2.24, 2.45) is 10.9 Å². The van der Waals surface area contributed by atoms with Gasteiger partial charge in [0.05, 0.1) is 0 Å². The highest BCUT2D eigenvalue weighted by Gasteiger charge is 2.18. The van der Waals surface area contributed by atoms with Gasteiger partial charge in [-0.1, -0.05) is 19.1 Å². The summed E-state index contributed by atoms with van der Waals surface area (Å²) in [6.45, 7) is 5.99. The molecule has 0 aliphatic heterocycles. The summed E-state index contributed by atoms with van der Waals surface area (Å²) < 4.78 is 0. The summed E-state index contributed by atoms with van der Waals surface area (Å²) in [7, 11) is 1.65. The lowest BCUT2D eigenvalue weighted by Gasteiger charge is -2.28. The fraction of sp³-hybridized carbons (Fsp3) is 0.600. The SMILES string of the molecule is CCNC(=NCCc1cccc(C(=O)NC)c1)NC1CCC(C)CC1.I. The van der Waals surface area contributed by atoms with Gasteiger partial charge in [-0.3, -0.25) is 9.79 Å². The first-order valence-corrected chi connectivity index (χ1v) is 9.48. The van der Waals surface area contributed by atoms with Crippen LogP contribution in [0.4, 0.5) is 0 Å². The molecule has 0 unspecified atom stereocenters. The van der Waals surface area contributed by atoms with E-state index in [1.807, 2.05) is 24.3 Å². The number of halogens is 1. The maximum absolute atomic E-state index is 11.7. The Balaban J connectivity index is 0.00000338. The highest BCUT2D eigenvalue weighted by atomic mass is 127. The Hall–Kier alpha value is -1.31. The van der Waals surface area contributed by atoms with Crippen LogP contribution < -0.4 is 16.0 Å². The number of rotatable bonds is 6. The number of amides is 1. The lowest BCUT2D eigenvalue weighted by Crippen LogP contribution is -2.44. The third kappa shape index (κ3) is 7.51. The number of hydrogen-bond acceptors (Lipinski definition) is 2. The van der Waals surface area contributed by atoms with Crippen molar-refractivity contribution < 1.29 is 4.79 Å². The van der Waals surface area contributed by atoms with E-state index in [0.29, 0.717) is 18.2 Å². The zero-order valence-electron chi connectivity index (χ0n) is 16.2. The molecule has 1 amide bonds. The summed E-state index contributed by atoms with van der Waals surface area (Å²) in [5.41, 5.74) is 1.83. The number of carbonyl (C=O) groups is 1. The van der Waals surface area contributed by atoms with E-state index in [0.717, 1.165) is 30.4 Å². The fourth-order valence-corrected chi connectivity index (χ4v) is 3.23. The van der Waals surface area contributed by atoms with Crippen LogP contribution in [0.25, 0.3) is 0 Å². The first-order valence-electron chi connectivity index (χ1n) is 9.48. The molecule has 1 aliphatic rings. The summed E-state index contributed by atoms with van der Waals surface area (Å²) >= 11 is 0. The Kier molecular flexibility index (Phi) is 10.6. The smallest absolute Gasteiger partial charge is 0.251 e. The molecule has 0 aromatic heterocycles. The average molecular weight is 472 g/mol. The molecule has 5 nitrogen and oxygen atoms in total. The number of hydrogen-bond donors (Lipinski definition) is 3. The third-order valence-corrected chi connectivity index (χ3v) is 4.79. The highest BCUT2D eigenvalue weighted by Crippen LogP contribution is 2.23. The Labute approximate surface area is 174 Å². The van der Waals surface area contributed by atoms with Crippen LogP contribution in [-0.2, 0) is 6.42 Å². The van der Waals surface area contributed by atoms with Crippen LogP contribution in [0.2, 0.25) is 0 Å². The zero-order chi connectivity index (χ0) is 18.1. The number of benzene rings is 1. The number of guanidine groups is 1. The molecule has 0 spiro atoms. The van der Waals surface area contributed by atoms with Crippen LogP contribution in [-0.4, -0.2) is 38.0 Å². The molecule has 1 fully saturated rings. The Morgan fingerprint density at radius 2 is 1.96 bits per heavy atom. The number of nitrogens with one attached hydrogen (secondary N) is 3. The molecule has 0 radical (unpaired) electrons. The number of nitrogens with zero attached hydrogens (tertiary/aromatic N) is 1.